The van der Waals surface area contributed by atoms with Crippen LogP contribution in [0.2, 0.25) is 0 Å². The third-order valence-electron chi connectivity index (χ3n) is 3.18. The summed E-state index contributed by atoms with van der Waals surface area (Å²) in [6.07, 6.45) is -3.85. The van der Waals surface area contributed by atoms with E-state index in [-0.39, 0.29) is 24.8 Å². The number of benzene rings is 1. The number of hydrogen-bond acceptors (Lipinski definition) is 1. The van der Waals surface area contributed by atoms with Crippen molar-refractivity contribution < 1.29 is 18.0 Å². The van der Waals surface area contributed by atoms with Crippen molar-refractivity contribution in [1.29, 1.82) is 0 Å². The fraction of sp³-hybridized carbons (Fsp3) is 0.417. The predicted octanol–water partition coefficient (Wildman–Crippen LogP) is 2.31. The van der Waals surface area contributed by atoms with Gasteiger partial charge in [-0.2, -0.15) is 13.2 Å². The van der Waals surface area contributed by atoms with Crippen molar-refractivity contribution in [3.8, 4) is 0 Å². The highest BCUT2D eigenvalue weighted by atomic mass is 19.4. The Morgan fingerprint density at radius 1 is 1.24 bits per heavy atom. The largest absolute Gasteiger partial charge is 0.398 e. The lowest BCUT2D eigenvalue weighted by molar-refractivity contribution is -0.160. The molecule has 1 aromatic rings. The average Bonchev–Trinajstić information content (AvgIpc) is 2.97. The molecule has 0 bridgehead atoms. The maximum absolute atomic E-state index is 12.8. The van der Waals surface area contributed by atoms with Crippen molar-refractivity contribution in [1.82, 2.24) is 0 Å². The molecule has 1 aliphatic carbocycles. The van der Waals surface area contributed by atoms with Gasteiger partial charge in [-0.3, -0.25) is 4.79 Å². The number of hydrogen-bond donors (Lipinski definition) is 1. The second kappa shape index (κ2) is 3.75. The molecule has 2 rings (SSSR count). The van der Waals surface area contributed by atoms with Gasteiger partial charge >= 0.3 is 6.18 Å². The van der Waals surface area contributed by atoms with Crippen LogP contribution in [0.4, 0.5) is 13.2 Å². The third-order valence-corrected chi connectivity index (χ3v) is 3.18. The van der Waals surface area contributed by atoms with Crippen molar-refractivity contribution in [2.45, 2.75) is 30.9 Å². The summed E-state index contributed by atoms with van der Waals surface area (Å²) in [6, 6.07) is 5.95. The van der Waals surface area contributed by atoms with E-state index in [1.54, 1.807) is 0 Å². The van der Waals surface area contributed by atoms with E-state index in [1.165, 1.54) is 24.3 Å². The second-order valence-electron chi connectivity index (χ2n) is 4.42. The molecule has 1 aromatic carbocycles. The van der Waals surface area contributed by atoms with Gasteiger partial charge in [-0.05, 0) is 24.0 Å². The van der Waals surface area contributed by atoms with Gasteiger partial charge in [-0.1, -0.05) is 24.3 Å². The SMILES string of the molecule is NC(=O)Cc1ccc(C2(C(F)(F)F)CC2)cc1. The Morgan fingerprint density at radius 2 is 1.76 bits per heavy atom. The maximum Gasteiger partial charge on any atom is 0.398 e. The van der Waals surface area contributed by atoms with Crippen LogP contribution in [0.1, 0.15) is 24.0 Å². The molecule has 0 atom stereocenters. The Hall–Kier alpha value is -1.52. The summed E-state index contributed by atoms with van der Waals surface area (Å²) in [6.45, 7) is 0. The predicted molar refractivity (Wildman–Crippen MR) is 56.3 cm³/mol. The highest BCUT2D eigenvalue weighted by Gasteiger charge is 2.64. The number of nitrogens with two attached hydrogens (primary N) is 1. The van der Waals surface area contributed by atoms with E-state index in [0.29, 0.717) is 5.56 Å². The standard InChI is InChI=1S/C12H12F3NO/c13-12(14,15)11(5-6-11)9-3-1-8(2-4-9)7-10(16)17/h1-4H,5-7H2,(H2,16,17). The van der Waals surface area contributed by atoms with Gasteiger partial charge in [0.15, 0.2) is 0 Å². The van der Waals surface area contributed by atoms with Crippen molar-refractivity contribution in [2.24, 2.45) is 5.73 Å². The summed E-state index contributed by atoms with van der Waals surface area (Å²) in [7, 11) is 0. The van der Waals surface area contributed by atoms with Crippen molar-refractivity contribution in [2.75, 3.05) is 0 Å². The number of carbonyl (C=O) groups excluding carboxylic acids is 1. The molecule has 0 heterocycles. The Bertz CT molecular complexity index is 432. The molecule has 0 aromatic heterocycles. The quantitative estimate of drug-likeness (QED) is 0.869. The highest BCUT2D eigenvalue weighted by Crippen LogP contribution is 2.58. The van der Waals surface area contributed by atoms with E-state index >= 15 is 0 Å². The zero-order chi connectivity index (χ0) is 12.7. The molecule has 2 N–H and O–H groups in total. The van der Waals surface area contributed by atoms with E-state index in [9.17, 15) is 18.0 Å². The van der Waals surface area contributed by atoms with E-state index in [0.717, 1.165) is 0 Å². The van der Waals surface area contributed by atoms with Crippen LogP contribution in [-0.4, -0.2) is 12.1 Å². The Balaban J connectivity index is 2.22. The first-order chi connectivity index (χ1) is 7.85. The monoisotopic (exact) mass is 243 g/mol. The molecule has 0 saturated heterocycles. The summed E-state index contributed by atoms with van der Waals surface area (Å²) in [5, 5.41) is 0. The first kappa shape index (κ1) is 12.0. The van der Waals surface area contributed by atoms with Gasteiger partial charge in [0.25, 0.3) is 0 Å². The Kier molecular flexibility index (Phi) is 2.64. The van der Waals surface area contributed by atoms with E-state index in [1.807, 2.05) is 0 Å². The number of amides is 1. The van der Waals surface area contributed by atoms with Gasteiger partial charge in [-0.25, -0.2) is 0 Å². The van der Waals surface area contributed by atoms with Crippen LogP contribution in [0.25, 0.3) is 0 Å². The van der Waals surface area contributed by atoms with E-state index < -0.39 is 17.5 Å². The van der Waals surface area contributed by atoms with Crippen LogP contribution in [0.3, 0.4) is 0 Å². The molecule has 0 unspecified atom stereocenters. The topological polar surface area (TPSA) is 43.1 Å². The van der Waals surface area contributed by atoms with Crippen molar-refractivity contribution in [3.63, 3.8) is 0 Å². The molecule has 1 aliphatic rings. The number of alkyl halides is 3. The number of carbonyl (C=O) groups is 1. The zero-order valence-electron chi connectivity index (χ0n) is 9.05. The van der Waals surface area contributed by atoms with Crippen molar-refractivity contribution in [3.05, 3.63) is 35.4 Å². The molecule has 17 heavy (non-hydrogen) atoms. The first-order valence-electron chi connectivity index (χ1n) is 5.30. The van der Waals surface area contributed by atoms with Crippen LogP contribution in [0, 0.1) is 0 Å². The lowest BCUT2D eigenvalue weighted by Crippen LogP contribution is -2.28. The average molecular weight is 243 g/mol. The number of halogens is 3. The number of rotatable bonds is 3. The van der Waals surface area contributed by atoms with Gasteiger partial charge in [0.2, 0.25) is 5.91 Å². The maximum atomic E-state index is 12.8. The third kappa shape index (κ3) is 2.14. The van der Waals surface area contributed by atoms with E-state index in [2.05, 4.69) is 0 Å². The summed E-state index contributed by atoms with van der Waals surface area (Å²) in [5.41, 5.74) is 4.27. The normalized spacial score (nSPS) is 17.8. The van der Waals surface area contributed by atoms with Gasteiger partial charge in [-0.15, -0.1) is 0 Å². The van der Waals surface area contributed by atoms with Crippen LogP contribution in [0.15, 0.2) is 24.3 Å². The van der Waals surface area contributed by atoms with Crippen LogP contribution >= 0.6 is 0 Å². The fourth-order valence-electron chi connectivity index (χ4n) is 2.00. The summed E-state index contributed by atoms with van der Waals surface area (Å²) in [5.74, 6) is -0.491. The van der Waals surface area contributed by atoms with Crippen molar-refractivity contribution >= 4 is 5.91 Å². The minimum Gasteiger partial charge on any atom is -0.369 e. The molecular formula is C12H12F3NO. The molecule has 0 spiro atoms. The molecule has 1 amide bonds. The summed E-state index contributed by atoms with van der Waals surface area (Å²) < 4.78 is 38.5. The first-order valence-corrected chi connectivity index (χ1v) is 5.30. The molecule has 92 valence electrons. The van der Waals surface area contributed by atoms with Gasteiger partial charge < -0.3 is 5.73 Å². The van der Waals surface area contributed by atoms with Gasteiger partial charge in [0.1, 0.15) is 0 Å². The molecule has 2 nitrogen and oxygen atoms in total. The van der Waals surface area contributed by atoms with Gasteiger partial charge in [0, 0.05) is 0 Å². The van der Waals surface area contributed by atoms with Gasteiger partial charge in [0.05, 0.1) is 11.8 Å². The fourth-order valence-corrected chi connectivity index (χ4v) is 2.00. The number of primary amides is 1. The molecule has 1 saturated carbocycles. The van der Waals surface area contributed by atoms with Crippen LogP contribution in [0.5, 0.6) is 0 Å². The molecule has 0 aliphatic heterocycles. The zero-order valence-corrected chi connectivity index (χ0v) is 9.05. The second-order valence-corrected chi connectivity index (χ2v) is 4.42. The molecule has 0 radical (unpaired) electrons. The lowest BCUT2D eigenvalue weighted by atomic mass is 9.94. The molecule has 5 heteroatoms. The highest BCUT2D eigenvalue weighted by molar-refractivity contribution is 5.76. The minimum atomic E-state index is -4.20. The van der Waals surface area contributed by atoms with E-state index in [4.69, 9.17) is 5.73 Å². The summed E-state index contributed by atoms with van der Waals surface area (Å²) in [4.78, 5) is 10.7. The Morgan fingerprint density at radius 3 is 2.12 bits per heavy atom. The smallest absolute Gasteiger partial charge is 0.369 e. The Labute approximate surface area is 96.6 Å². The van der Waals surface area contributed by atoms with Crippen LogP contribution < -0.4 is 5.73 Å². The lowest BCUT2D eigenvalue weighted by Gasteiger charge is -2.19. The summed E-state index contributed by atoms with van der Waals surface area (Å²) >= 11 is 0. The minimum absolute atomic E-state index is 0.0549. The molecule has 1 fully saturated rings. The molecular weight excluding hydrogens is 231 g/mol. The van der Waals surface area contributed by atoms with Crippen LogP contribution in [-0.2, 0) is 16.6 Å².